The molecule has 130 valence electrons. The van der Waals surface area contributed by atoms with Crippen molar-refractivity contribution < 1.29 is 19.1 Å². The van der Waals surface area contributed by atoms with Gasteiger partial charge in [0.2, 0.25) is 0 Å². The molecule has 1 aliphatic rings. The van der Waals surface area contributed by atoms with E-state index in [0.717, 1.165) is 5.56 Å². The van der Waals surface area contributed by atoms with Crippen LogP contribution in [-0.2, 0) is 9.53 Å². The molecule has 0 spiro atoms. The number of benzene rings is 1. The molecule has 2 amide bonds. The van der Waals surface area contributed by atoms with Gasteiger partial charge in [-0.2, -0.15) is 0 Å². The monoisotopic (exact) mass is 359 g/mol. The quantitative estimate of drug-likeness (QED) is 0.829. The highest BCUT2D eigenvalue weighted by atomic mass is 32.1. The molecule has 25 heavy (non-hydrogen) atoms. The number of nitrogens with one attached hydrogen (secondary N) is 1. The Labute approximate surface area is 148 Å². The highest BCUT2D eigenvalue weighted by Crippen LogP contribution is 2.36. The standard InChI is InChI=1S/C17H17N3O4S/c1-3-7-20-13-8-11(5-6-14(13)24-9-15(20)21)12-10-25-16(18-12)19-17(22)23-4-2/h3,5-6,8,10H,1,4,7,9H2,2H3,(H,18,19,22). The molecule has 0 saturated heterocycles. The topological polar surface area (TPSA) is 80.8 Å². The number of carbonyl (C=O) groups is 2. The molecule has 1 aromatic heterocycles. The average molecular weight is 359 g/mol. The number of anilines is 2. The van der Waals surface area contributed by atoms with Gasteiger partial charge in [0.15, 0.2) is 11.7 Å². The minimum absolute atomic E-state index is 0.0183. The number of nitrogens with zero attached hydrogens (tertiary/aromatic N) is 2. The van der Waals surface area contributed by atoms with E-state index >= 15 is 0 Å². The van der Waals surface area contributed by atoms with Gasteiger partial charge in [-0.25, -0.2) is 9.78 Å². The van der Waals surface area contributed by atoms with Crippen molar-refractivity contribution in [1.82, 2.24) is 4.98 Å². The predicted octanol–water partition coefficient (Wildman–Crippen LogP) is 3.29. The number of ether oxygens (including phenoxy) is 2. The van der Waals surface area contributed by atoms with Gasteiger partial charge in [0.05, 0.1) is 18.0 Å². The van der Waals surface area contributed by atoms with E-state index in [-0.39, 0.29) is 12.5 Å². The van der Waals surface area contributed by atoms with Gasteiger partial charge < -0.3 is 14.4 Å². The van der Waals surface area contributed by atoms with Gasteiger partial charge >= 0.3 is 6.09 Å². The fraction of sp³-hybridized carbons (Fsp3) is 0.235. The third kappa shape index (κ3) is 3.63. The lowest BCUT2D eigenvalue weighted by molar-refractivity contribution is -0.121. The van der Waals surface area contributed by atoms with E-state index in [2.05, 4.69) is 16.9 Å². The van der Waals surface area contributed by atoms with Crippen LogP contribution < -0.4 is 15.0 Å². The van der Waals surface area contributed by atoms with Crippen molar-refractivity contribution in [3.63, 3.8) is 0 Å². The zero-order chi connectivity index (χ0) is 17.8. The minimum atomic E-state index is -0.537. The van der Waals surface area contributed by atoms with Gasteiger partial charge in [0.1, 0.15) is 5.75 Å². The summed E-state index contributed by atoms with van der Waals surface area (Å²) in [5.74, 6) is 0.526. The van der Waals surface area contributed by atoms with Crippen LogP contribution in [0.25, 0.3) is 11.3 Å². The number of fused-ring (bicyclic) bond motifs is 1. The Morgan fingerprint density at radius 1 is 1.56 bits per heavy atom. The van der Waals surface area contributed by atoms with Gasteiger partial charge in [0.25, 0.3) is 5.91 Å². The van der Waals surface area contributed by atoms with Crippen LogP contribution in [-0.4, -0.2) is 36.7 Å². The number of thiazole rings is 1. The van der Waals surface area contributed by atoms with E-state index in [0.29, 0.717) is 35.4 Å². The van der Waals surface area contributed by atoms with Crippen LogP contribution in [0.15, 0.2) is 36.2 Å². The SMILES string of the molecule is C=CCN1C(=O)COc2ccc(-c3csc(NC(=O)OCC)n3)cc21. The molecule has 7 nitrogen and oxygen atoms in total. The molecule has 3 rings (SSSR count). The Bertz CT molecular complexity index is 818. The van der Waals surface area contributed by atoms with Crippen molar-refractivity contribution in [2.24, 2.45) is 0 Å². The zero-order valence-electron chi connectivity index (χ0n) is 13.7. The molecule has 0 aliphatic carbocycles. The van der Waals surface area contributed by atoms with E-state index in [1.165, 1.54) is 11.3 Å². The molecule has 0 fully saturated rings. The molecule has 8 heteroatoms. The Kier molecular flexibility index (Phi) is 4.99. The zero-order valence-corrected chi connectivity index (χ0v) is 14.5. The first-order chi connectivity index (χ1) is 12.1. The van der Waals surface area contributed by atoms with E-state index < -0.39 is 6.09 Å². The summed E-state index contributed by atoms with van der Waals surface area (Å²) < 4.78 is 10.3. The van der Waals surface area contributed by atoms with E-state index in [9.17, 15) is 9.59 Å². The summed E-state index contributed by atoms with van der Waals surface area (Å²) in [5, 5.41) is 4.85. The molecule has 0 unspecified atom stereocenters. The molecule has 1 aromatic carbocycles. The Balaban J connectivity index is 1.87. The second kappa shape index (κ2) is 7.35. The maximum absolute atomic E-state index is 12.1. The molecule has 1 N–H and O–H groups in total. The number of carbonyl (C=O) groups excluding carboxylic acids is 2. The first-order valence-electron chi connectivity index (χ1n) is 7.70. The van der Waals surface area contributed by atoms with E-state index in [4.69, 9.17) is 9.47 Å². The second-order valence-corrected chi connectivity index (χ2v) is 6.01. The maximum Gasteiger partial charge on any atom is 0.413 e. The largest absolute Gasteiger partial charge is 0.482 e. The Morgan fingerprint density at radius 3 is 3.16 bits per heavy atom. The number of aromatic nitrogens is 1. The molecular weight excluding hydrogens is 342 g/mol. The van der Waals surface area contributed by atoms with Crippen LogP contribution in [0.2, 0.25) is 0 Å². The number of amides is 2. The molecule has 2 aromatic rings. The first-order valence-corrected chi connectivity index (χ1v) is 8.58. The normalized spacial score (nSPS) is 13.0. The molecule has 0 atom stereocenters. The van der Waals surface area contributed by atoms with E-state index in [1.54, 1.807) is 17.9 Å². The number of hydrogen-bond acceptors (Lipinski definition) is 6. The molecule has 0 saturated carbocycles. The molecule has 2 heterocycles. The van der Waals surface area contributed by atoms with Crippen molar-refractivity contribution in [2.45, 2.75) is 6.92 Å². The highest BCUT2D eigenvalue weighted by Gasteiger charge is 2.25. The summed E-state index contributed by atoms with van der Waals surface area (Å²) in [6, 6.07) is 5.52. The van der Waals surface area contributed by atoms with Gasteiger partial charge in [-0.1, -0.05) is 6.08 Å². The lowest BCUT2D eigenvalue weighted by Crippen LogP contribution is -2.38. The molecule has 1 aliphatic heterocycles. The van der Waals surface area contributed by atoms with Crippen LogP contribution in [0.1, 0.15) is 6.92 Å². The third-order valence-corrected chi connectivity index (χ3v) is 4.26. The molecule has 0 bridgehead atoms. The van der Waals surface area contributed by atoms with Crippen molar-refractivity contribution in [3.8, 4) is 17.0 Å². The van der Waals surface area contributed by atoms with Crippen molar-refractivity contribution in [2.75, 3.05) is 30.0 Å². The Morgan fingerprint density at radius 2 is 2.40 bits per heavy atom. The van der Waals surface area contributed by atoms with Crippen LogP contribution >= 0.6 is 11.3 Å². The summed E-state index contributed by atoms with van der Waals surface area (Å²) in [6.07, 6.45) is 1.13. The number of hydrogen-bond donors (Lipinski definition) is 1. The predicted molar refractivity (Wildman–Crippen MR) is 96.2 cm³/mol. The van der Waals surface area contributed by atoms with E-state index in [1.807, 2.05) is 23.6 Å². The second-order valence-electron chi connectivity index (χ2n) is 5.15. The van der Waals surface area contributed by atoms with Crippen LogP contribution in [0.5, 0.6) is 5.75 Å². The highest BCUT2D eigenvalue weighted by molar-refractivity contribution is 7.14. The van der Waals surface area contributed by atoms with Gasteiger partial charge in [0, 0.05) is 17.5 Å². The van der Waals surface area contributed by atoms with Crippen molar-refractivity contribution >= 4 is 34.2 Å². The summed E-state index contributed by atoms with van der Waals surface area (Å²) in [5.41, 5.74) is 2.19. The average Bonchev–Trinajstić information content (AvgIpc) is 3.05. The summed E-state index contributed by atoms with van der Waals surface area (Å²) in [6.45, 7) is 6.15. The van der Waals surface area contributed by atoms with Crippen LogP contribution in [0.4, 0.5) is 15.6 Å². The lowest BCUT2D eigenvalue weighted by atomic mass is 10.1. The Hall–Kier alpha value is -2.87. The molecule has 0 radical (unpaired) electrons. The summed E-state index contributed by atoms with van der Waals surface area (Å²) in [7, 11) is 0. The van der Waals surface area contributed by atoms with Crippen LogP contribution in [0.3, 0.4) is 0 Å². The van der Waals surface area contributed by atoms with Crippen molar-refractivity contribution in [3.05, 3.63) is 36.2 Å². The smallest absolute Gasteiger partial charge is 0.413 e. The fourth-order valence-corrected chi connectivity index (χ4v) is 3.11. The minimum Gasteiger partial charge on any atom is -0.482 e. The maximum atomic E-state index is 12.1. The summed E-state index contributed by atoms with van der Waals surface area (Å²) in [4.78, 5) is 29.5. The van der Waals surface area contributed by atoms with Crippen LogP contribution in [0, 0.1) is 0 Å². The lowest BCUT2D eigenvalue weighted by Gasteiger charge is -2.28. The van der Waals surface area contributed by atoms with Gasteiger partial charge in [-0.05, 0) is 25.1 Å². The first kappa shape index (κ1) is 17.0. The van der Waals surface area contributed by atoms with Gasteiger partial charge in [-0.3, -0.25) is 10.1 Å². The number of rotatable bonds is 5. The fourth-order valence-electron chi connectivity index (χ4n) is 2.41. The van der Waals surface area contributed by atoms with Gasteiger partial charge in [-0.15, -0.1) is 17.9 Å². The molecular formula is C17H17N3O4S. The summed E-state index contributed by atoms with van der Waals surface area (Å²) >= 11 is 1.30. The third-order valence-electron chi connectivity index (χ3n) is 3.50. The van der Waals surface area contributed by atoms with Crippen molar-refractivity contribution in [1.29, 1.82) is 0 Å².